The van der Waals surface area contributed by atoms with Crippen molar-refractivity contribution >= 4 is 27.4 Å². The first-order valence-electron chi connectivity index (χ1n) is 5.59. The minimum atomic E-state index is -1.22. The van der Waals surface area contributed by atoms with Gasteiger partial charge >= 0.3 is 0 Å². The molecule has 0 amide bonds. The quantitative estimate of drug-likeness (QED) is 0.831. The highest BCUT2D eigenvalue weighted by Gasteiger charge is 2.08. The van der Waals surface area contributed by atoms with Crippen molar-refractivity contribution in [3.8, 4) is 0 Å². The molecule has 0 heterocycles. The molecule has 0 bridgehead atoms. The molecule has 1 atom stereocenters. The van der Waals surface area contributed by atoms with Crippen LogP contribution in [-0.2, 0) is 15.6 Å². The summed E-state index contributed by atoms with van der Waals surface area (Å²) in [5.74, 6) is 0.158. The van der Waals surface area contributed by atoms with Crippen LogP contribution in [0.4, 0.5) is 0 Å². The van der Waals surface area contributed by atoms with Crippen LogP contribution in [0.5, 0.6) is 0 Å². The standard InChI is InChI=1S/C14H14O2S/c1-2-13(15)10-17(16)14-8-7-11-5-3-4-6-12(11)9-14/h3-9H,2,10H2,1H3. The summed E-state index contributed by atoms with van der Waals surface area (Å²) in [6.07, 6.45) is 0.444. The van der Waals surface area contributed by atoms with Gasteiger partial charge in [-0.3, -0.25) is 9.00 Å². The molecule has 0 aliphatic carbocycles. The van der Waals surface area contributed by atoms with Gasteiger partial charge in [0.25, 0.3) is 0 Å². The molecule has 0 saturated carbocycles. The van der Waals surface area contributed by atoms with Crippen molar-refractivity contribution in [2.24, 2.45) is 0 Å². The molecule has 88 valence electrons. The highest BCUT2D eigenvalue weighted by atomic mass is 32.2. The second kappa shape index (κ2) is 5.23. The van der Waals surface area contributed by atoms with Crippen molar-refractivity contribution in [1.29, 1.82) is 0 Å². The number of Topliss-reactive ketones (excluding diaryl/α,β-unsaturated/α-hetero) is 1. The average Bonchev–Trinajstić information content (AvgIpc) is 2.38. The van der Waals surface area contributed by atoms with Crippen LogP contribution in [0.25, 0.3) is 10.8 Å². The van der Waals surface area contributed by atoms with Gasteiger partial charge < -0.3 is 0 Å². The molecule has 0 saturated heterocycles. The van der Waals surface area contributed by atoms with E-state index in [2.05, 4.69) is 0 Å². The number of hydrogen-bond donors (Lipinski definition) is 0. The first-order valence-corrected chi connectivity index (χ1v) is 6.91. The van der Waals surface area contributed by atoms with Crippen LogP contribution in [-0.4, -0.2) is 15.7 Å². The Bertz CT molecular complexity index is 575. The minimum Gasteiger partial charge on any atom is -0.299 e. The van der Waals surface area contributed by atoms with Crippen LogP contribution in [0.2, 0.25) is 0 Å². The fraction of sp³-hybridized carbons (Fsp3) is 0.214. The van der Waals surface area contributed by atoms with Crippen molar-refractivity contribution in [3.05, 3.63) is 42.5 Å². The Morgan fingerprint density at radius 1 is 1.12 bits per heavy atom. The van der Waals surface area contributed by atoms with Crippen LogP contribution in [0.3, 0.4) is 0 Å². The predicted molar refractivity (Wildman–Crippen MR) is 70.5 cm³/mol. The summed E-state index contributed by atoms with van der Waals surface area (Å²) in [6, 6.07) is 13.6. The molecule has 2 rings (SSSR count). The monoisotopic (exact) mass is 246 g/mol. The van der Waals surface area contributed by atoms with E-state index in [1.54, 1.807) is 6.92 Å². The molecule has 3 heteroatoms. The van der Waals surface area contributed by atoms with Crippen molar-refractivity contribution in [2.45, 2.75) is 18.2 Å². The number of carbonyl (C=O) groups excluding carboxylic acids is 1. The van der Waals surface area contributed by atoms with Gasteiger partial charge in [-0.15, -0.1) is 0 Å². The lowest BCUT2D eigenvalue weighted by Gasteiger charge is -2.03. The van der Waals surface area contributed by atoms with Gasteiger partial charge in [-0.05, 0) is 22.9 Å². The predicted octanol–water partition coefficient (Wildman–Crippen LogP) is 2.93. The van der Waals surface area contributed by atoms with E-state index in [0.29, 0.717) is 6.42 Å². The van der Waals surface area contributed by atoms with E-state index in [0.717, 1.165) is 15.7 Å². The molecule has 0 N–H and O–H groups in total. The summed E-state index contributed by atoms with van der Waals surface area (Å²) in [6.45, 7) is 1.79. The van der Waals surface area contributed by atoms with Crippen molar-refractivity contribution in [1.82, 2.24) is 0 Å². The number of hydrogen-bond acceptors (Lipinski definition) is 2. The molecule has 0 radical (unpaired) electrons. The normalized spacial score (nSPS) is 12.5. The molecule has 0 aromatic heterocycles. The van der Waals surface area contributed by atoms with Crippen LogP contribution < -0.4 is 0 Å². The summed E-state index contributed by atoms with van der Waals surface area (Å²) >= 11 is 0. The third kappa shape index (κ3) is 2.80. The maximum absolute atomic E-state index is 11.9. The zero-order chi connectivity index (χ0) is 12.3. The Morgan fingerprint density at radius 3 is 2.53 bits per heavy atom. The van der Waals surface area contributed by atoms with Crippen LogP contribution in [0.15, 0.2) is 47.4 Å². The Hall–Kier alpha value is -1.48. The van der Waals surface area contributed by atoms with Gasteiger partial charge in [-0.1, -0.05) is 37.3 Å². The number of fused-ring (bicyclic) bond motifs is 1. The molecule has 2 nitrogen and oxygen atoms in total. The van der Waals surface area contributed by atoms with Crippen molar-refractivity contribution in [3.63, 3.8) is 0 Å². The van der Waals surface area contributed by atoms with Gasteiger partial charge in [0.2, 0.25) is 0 Å². The minimum absolute atomic E-state index is 0.0384. The summed E-state index contributed by atoms with van der Waals surface area (Å²) in [4.78, 5) is 12.0. The van der Waals surface area contributed by atoms with E-state index < -0.39 is 10.8 Å². The number of rotatable bonds is 4. The first-order chi connectivity index (χ1) is 8.20. The summed E-state index contributed by atoms with van der Waals surface area (Å²) in [7, 11) is -1.22. The molecular weight excluding hydrogens is 232 g/mol. The molecule has 0 spiro atoms. The van der Waals surface area contributed by atoms with Gasteiger partial charge in [0.15, 0.2) is 0 Å². The van der Waals surface area contributed by atoms with E-state index in [4.69, 9.17) is 0 Å². The zero-order valence-electron chi connectivity index (χ0n) is 9.68. The van der Waals surface area contributed by atoms with Crippen LogP contribution >= 0.6 is 0 Å². The van der Waals surface area contributed by atoms with Gasteiger partial charge in [0.05, 0.1) is 16.6 Å². The lowest BCUT2D eigenvalue weighted by molar-refractivity contribution is -0.116. The van der Waals surface area contributed by atoms with Crippen molar-refractivity contribution in [2.75, 3.05) is 5.75 Å². The highest BCUT2D eigenvalue weighted by Crippen LogP contribution is 2.18. The second-order valence-corrected chi connectivity index (χ2v) is 5.34. The van der Waals surface area contributed by atoms with Gasteiger partial charge in [0, 0.05) is 11.3 Å². The molecule has 2 aromatic carbocycles. The van der Waals surface area contributed by atoms with E-state index in [-0.39, 0.29) is 11.5 Å². The van der Waals surface area contributed by atoms with Crippen LogP contribution in [0.1, 0.15) is 13.3 Å². The smallest absolute Gasteiger partial charge is 0.145 e. The molecule has 2 aromatic rings. The van der Waals surface area contributed by atoms with E-state index in [1.807, 2.05) is 42.5 Å². The molecule has 0 aliphatic rings. The second-order valence-electron chi connectivity index (χ2n) is 3.89. The van der Waals surface area contributed by atoms with E-state index in [1.165, 1.54) is 0 Å². The topological polar surface area (TPSA) is 34.1 Å². The third-order valence-corrected chi connectivity index (χ3v) is 4.03. The molecule has 17 heavy (non-hydrogen) atoms. The summed E-state index contributed by atoms with van der Waals surface area (Å²) in [5, 5.41) is 2.18. The molecule has 1 unspecified atom stereocenters. The fourth-order valence-electron chi connectivity index (χ4n) is 1.64. The van der Waals surface area contributed by atoms with Crippen LogP contribution in [0, 0.1) is 0 Å². The van der Waals surface area contributed by atoms with Gasteiger partial charge in [-0.2, -0.15) is 0 Å². The molecular formula is C14H14O2S. The highest BCUT2D eigenvalue weighted by molar-refractivity contribution is 7.85. The SMILES string of the molecule is CCC(=O)CS(=O)c1ccc2ccccc2c1. The first kappa shape index (κ1) is 12.0. The van der Waals surface area contributed by atoms with Crippen molar-refractivity contribution < 1.29 is 9.00 Å². The summed E-state index contributed by atoms with van der Waals surface area (Å²) in [5.41, 5.74) is 0. The maximum Gasteiger partial charge on any atom is 0.145 e. The number of ketones is 1. The zero-order valence-corrected chi connectivity index (χ0v) is 10.5. The largest absolute Gasteiger partial charge is 0.299 e. The summed E-state index contributed by atoms with van der Waals surface area (Å²) < 4.78 is 11.9. The number of benzene rings is 2. The fourth-order valence-corrected chi connectivity index (χ4v) is 2.78. The lowest BCUT2D eigenvalue weighted by Crippen LogP contribution is -2.09. The maximum atomic E-state index is 11.9. The van der Waals surface area contributed by atoms with Gasteiger partial charge in [0.1, 0.15) is 5.78 Å². The number of carbonyl (C=O) groups is 1. The average molecular weight is 246 g/mol. The molecule has 0 fully saturated rings. The Kier molecular flexibility index (Phi) is 3.69. The lowest BCUT2D eigenvalue weighted by atomic mass is 10.1. The van der Waals surface area contributed by atoms with E-state index in [9.17, 15) is 9.00 Å². The third-order valence-electron chi connectivity index (χ3n) is 2.67. The Balaban J connectivity index is 2.30. The van der Waals surface area contributed by atoms with Gasteiger partial charge in [-0.25, -0.2) is 0 Å². The Morgan fingerprint density at radius 2 is 1.82 bits per heavy atom. The molecule has 0 aliphatic heterocycles. The Labute approximate surface area is 103 Å². The van der Waals surface area contributed by atoms with E-state index >= 15 is 0 Å².